The van der Waals surface area contributed by atoms with E-state index in [1.807, 2.05) is 0 Å². The molecule has 1 saturated heterocycles. The van der Waals surface area contributed by atoms with E-state index in [4.69, 9.17) is 14.6 Å². The van der Waals surface area contributed by atoms with Gasteiger partial charge in [-0.25, -0.2) is 0 Å². The fraction of sp³-hybridized carbons (Fsp3) is 0.909. The van der Waals surface area contributed by atoms with E-state index in [0.29, 0.717) is 6.61 Å². The molecule has 1 aliphatic rings. The summed E-state index contributed by atoms with van der Waals surface area (Å²) in [6.07, 6.45) is 16.6. The number of aliphatic hydroxyl groups is 3. The SMILES string of the molecule is CCCCCCCCC/C=C/CCCCCO[C@@H]1CO[C@@H]([C@@H](O)CO)[C@H]1O. The van der Waals surface area contributed by atoms with Gasteiger partial charge >= 0.3 is 0 Å². The number of hydrogen-bond acceptors (Lipinski definition) is 5. The third-order valence-electron chi connectivity index (χ3n) is 5.22. The molecular weight excluding hydrogens is 344 g/mol. The fourth-order valence-corrected chi connectivity index (χ4v) is 3.43. The summed E-state index contributed by atoms with van der Waals surface area (Å²) in [7, 11) is 0. The Labute approximate surface area is 165 Å². The predicted octanol–water partition coefficient (Wildman–Crippen LogP) is 3.74. The predicted molar refractivity (Wildman–Crippen MR) is 109 cm³/mol. The largest absolute Gasteiger partial charge is 0.394 e. The van der Waals surface area contributed by atoms with Crippen molar-refractivity contribution in [1.82, 2.24) is 0 Å². The second-order valence-electron chi connectivity index (χ2n) is 7.68. The lowest BCUT2D eigenvalue weighted by atomic mass is 10.1. The fourth-order valence-electron chi connectivity index (χ4n) is 3.43. The minimum absolute atomic E-state index is 0.268. The molecule has 27 heavy (non-hydrogen) atoms. The molecule has 1 rings (SSSR count). The van der Waals surface area contributed by atoms with Crippen LogP contribution in [0.15, 0.2) is 12.2 Å². The minimum Gasteiger partial charge on any atom is -0.394 e. The molecule has 0 radical (unpaired) electrons. The smallest absolute Gasteiger partial charge is 0.114 e. The summed E-state index contributed by atoms with van der Waals surface area (Å²) in [6, 6.07) is 0. The topological polar surface area (TPSA) is 79.2 Å². The van der Waals surface area contributed by atoms with Gasteiger partial charge in [0.25, 0.3) is 0 Å². The summed E-state index contributed by atoms with van der Waals surface area (Å²) in [5.74, 6) is 0. The zero-order chi connectivity index (χ0) is 19.7. The maximum Gasteiger partial charge on any atom is 0.114 e. The Bertz CT molecular complexity index is 361. The average Bonchev–Trinajstić information content (AvgIpc) is 3.04. The molecule has 4 atom stereocenters. The van der Waals surface area contributed by atoms with Gasteiger partial charge < -0.3 is 24.8 Å². The van der Waals surface area contributed by atoms with Gasteiger partial charge in [-0.05, 0) is 32.1 Å². The van der Waals surface area contributed by atoms with Gasteiger partial charge in [-0.15, -0.1) is 0 Å². The normalized spacial score (nSPS) is 24.1. The van der Waals surface area contributed by atoms with Gasteiger partial charge in [-0.1, -0.05) is 64.0 Å². The van der Waals surface area contributed by atoms with Gasteiger partial charge in [0.2, 0.25) is 0 Å². The van der Waals surface area contributed by atoms with Crippen molar-refractivity contribution >= 4 is 0 Å². The van der Waals surface area contributed by atoms with Crippen molar-refractivity contribution in [3.05, 3.63) is 12.2 Å². The Morgan fingerprint density at radius 3 is 2.19 bits per heavy atom. The number of rotatable bonds is 17. The van der Waals surface area contributed by atoms with Crippen LogP contribution in [0.1, 0.15) is 84.0 Å². The highest BCUT2D eigenvalue weighted by molar-refractivity contribution is 4.88. The lowest BCUT2D eigenvalue weighted by Gasteiger charge is -2.20. The van der Waals surface area contributed by atoms with E-state index in [0.717, 1.165) is 25.7 Å². The zero-order valence-electron chi connectivity index (χ0n) is 17.2. The van der Waals surface area contributed by atoms with Crippen molar-refractivity contribution < 1.29 is 24.8 Å². The molecule has 0 spiro atoms. The van der Waals surface area contributed by atoms with Crippen LogP contribution in [0.3, 0.4) is 0 Å². The number of ether oxygens (including phenoxy) is 2. The van der Waals surface area contributed by atoms with E-state index in [9.17, 15) is 10.2 Å². The molecule has 0 unspecified atom stereocenters. The maximum atomic E-state index is 10.0. The number of hydrogen-bond donors (Lipinski definition) is 3. The van der Waals surface area contributed by atoms with E-state index < -0.39 is 31.0 Å². The first kappa shape index (κ1) is 24.6. The number of allylic oxidation sites excluding steroid dienone is 2. The van der Waals surface area contributed by atoms with E-state index in [1.165, 1.54) is 51.4 Å². The Hall–Kier alpha value is -0.460. The third kappa shape index (κ3) is 11.2. The third-order valence-corrected chi connectivity index (χ3v) is 5.22. The van der Waals surface area contributed by atoms with Crippen molar-refractivity contribution in [1.29, 1.82) is 0 Å². The van der Waals surface area contributed by atoms with E-state index in [1.54, 1.807) is 0 Å². The Morgan fingerprint density at radius 2 is 1.56 bits per heavy atom. The van der Waals surface area contributed by atoms with Crippen LogP contribution in [-0.4, -0.2) is 59.6 Å². The van der Waals surface area contributed by atoms with Gasteiger partial charge in [0, 0.05) is 6.61 Å². The first-order valence-electron chi connectivity index (χ1n) is 11.1. The molecule has 160 valence electrons. The first-order chi connectivity index (χ1) is 13.2. The molecule has 0 aliphatic carbocycles. The van der Waals surface area contributed by atoms with E-state index in [2.05, 4.69) is 19.1 Å². The summed E-state index contributed by atoms with van der Waals surface area (Å²) in [5.41, 5.74) is 0. The van der Waals surface area contributed by atoms with Crippen molar-refractivity contribution in [2.75, 3.05) is 19.8 Å². The van der Waals surface area contributed by atoms with Crippen LogP contribution in [0.2, 0.25) is 0 Å². The summed E-state index contributed by atoms with van der Waals surface area (Å²) < 4.78 is 11.0. The molecule has 0 bridgehead atoms. The van der Waals surface area contributed by atoms with Crippen LogP contribution < -0.4 is 0 Å². The van der Waals surface area contributed by atoms with Crippen LogP contribution in [0.5, 0.6) is 0 Å². The molecule has 0 aromatic rings. The molecule has 3 N–H and O–H groups in total. The van der Waals surface area contributed by atoms with Gasteiger partial charge in [-0.2, -0.15) is 0 Å². The quantitative estimate of drug-likeness (QED) is 0.262. The molecule has 0 aromatic carbocycles. The van der Waals surface area contributed by atoms with E-state index >= 15 is 0 Å². The molecule has 0 saturated carbocycles. The van der Waals surface area contributed by atoms with Crippen LogP contribution in [0, 0.1) is 0 Å². The minimum atomic E-state index is -1.05. The van der Waals surface area contributed by atoms with Crippen LogP contribution in [0.4, 0.5) is 0 Å². The number of aliphatic hydroxyl groups excluding tert-OH is 3. The molecule has 0 amide bonds. The summed E-state index contributed by atoms with van der Waals surface area (Å²) in [4.78, 5) is 0. The molecule has 1 fully saturated rings. The highest BCUT2D eigenvalue weighted by Gasteiger charge is 2.40. The standard InChI is InChI=1S/C22H42O5/c1-2-3-4-5-6-7-8-9-10-11-12-13-14-15-16-26-20-18-27-22(21(20)25)19(24)17-23/h10-11,19-25H,2-9,12-18H2,1H3/b11-10+/t19-,20+,21-,22-/m0/s1. The monoisotopic (exact) mass is 386 g/mol. The lowest BCUT2D eigenvalue weighted by molar-refractivity contribution is -0.0730. The average molecular weight is 387 g/mol. The second kappa shape index (κ2) is 16.5. The Morgan fingerprint density at radius 1 is 0.963 bits per heavy atom. The summed E-state index contributed by atoms with van der Waals surface area (Å²) in [5, 5.41) is 28.5. The van der Waals surface area contributed by atoms with Crippen molar-refractivity contribution in [3.63, 3.8) is 0 Å². The second-order valence-corrected chi connectivity index (χ2v) is 7.68. The van der Waals surface area contributed by atoms with Crippen LogP contribution in [0.25, 0.3) is 0 Å². The number of unbranched alkanes of at least 4 members (excludes halogenated alkanes) is 10. The highest BCUT2D eigenvalue weighted by Crippen LogP contribution is 2.20. The van der Waals surface area contributed by atoms with Crippen molar-refractivity contribution in [2.45, 2.75) is 108 Å². The van der Waals surface area contributed by atoms with Gasteiger partial charge in [0.15, 0.2) is 0 Å². The van der Waals surface area contributed by atoms with Crippen molar-refractivity contribution in [3.8, 4) is 0 Å². The molecule has 1 heterocycles. The molecule has 1 aliphatic heterocycles. The molecule has 5 heteroatoms. The van der Waals surface area contributed by atoms with Crippen molar-refractivity contribution in [2.24, 2.45) is 0 Å². The summed E-state index contributed by atoms with van der Waals surface area (Å²) >= 11 is 0. The Balaban J connectivity index is 1.88. The van der Waals surface area contributed by atoms with Gasteiger partial charge in [0.1, 0.15) is 24.4 Å². The molecule has 0 aromatic heterocycles. The molecular formula is C22H42O5. The van der Waals surface area contributed by atoms with E-state index in [-0.39, 0.29) is 6.61 Å². The maximum absolute atomic E-state index is 10.0. The lowest BCUT2D eigenvalue weighted by Crippen LogP contribution is -2.41. The van der Waals surface area contributed by atoms with Crippen LogP contribution >= 0.6 is 0 Å². The Kier molecular flexibility index (Phi) is 15.0. The highest BCUT2D eigenvalue weighted by atomic mass is 16.6. The zero-order valence-corrected chi connectivity index (χ0v) is 17.2. The molecule has 5 nitrogen and oxygen atoms in total. The van der Waals surface area contributed by atoms with Crippen LogP contribution in [-0.2, 0) is 9.47 Å². The van der Waals surface area contributed by atoms with Gasteiger partial charge in [-0.3, -0.25) is 0 Å². The van der Waals surface area contributed by atoms with Gasteiger partial charge in [0.05, 0.1) is 13.2 Å². The first-order valence-corrected chi connectivity index (χ1v) is 11.1. The summed E-state index contributed by atoms with van der Waals surface area (Å²) in [6.45, 7) is 2.70.